The Morgan fingerprint density at radius 2 is 1.58 bits per heavy atom. The molecule has 0 bridgehead atoms. The summed E-state index contributed by atoms with van der Waals surface area (Å²) < 4.78 is 0. The van der Waals surface area contributed by atoms with Gasteiger partial charge in [-0.1, -0.05) is 54.8 Å². The molecule has 0 aliphatic carbocycles. The second kappa shape index (κ2) is 12.6. The van der Waals surface area contributed by atoms with E-state index in [2.05, 4.69) is 20.6 Å². The Morgan fingerprint density at radius 3 is 2.27 bits per heavy atom. The number of benzene rings is 2. The summed E-state index contributed by atoms with van der Waals surface area (Å²) in [6.45, 7) is 0.566. The lowest BCUT2D eigenvalue weighted by Gasteiger charge is -2.23. The number of unbranched alkanes of at least 4 members (excludes halogenated alkanes) is 3. The fourth-order valence-electron chi connectivity index (χ4n) is 3.32. The number of para-hydroxylation sites is 2. The van der Waals surface area contributed by atoms with Crippen LogP contribution in [0.4, 0.5) is 17.3 Å². The number of hydrogen-bond donors (Lipinski definition) is 2. The topological polar surface area (TPSA) is 87.2 Å². The maximum absolute atomic E-state index is 12.5. The third-order valence-electron chi connectivity index (χ3n) is 5.10. The van der Waals surface area contributed by atoms with Crippen molar-refractivity contribution < 1.29 is 9.59 Å². The zero-order chi connectivity index (χ0) is 23.5. The highest BCUT2D eigenvalue weighted by molar-refractivity contribution is 6.33. The summed E-state index contributed by atoms with van der Waals surface area (Å²) >= 11 is 6.44. The largest absolute Gasteiger partial charge is 0.359 e. The molecule has 1 heterocycles. The van der Waals surface area contributed by atoms with Crippen molar-refractivity contribution in [2.45, 2.75) is 32.1 Å². The second-order valence-electron chi connectivity index (χ2n) is 7.49. The Morgan fingerprint density at radius 1 is 0.909 bits per heavy atom. The maximum atomic E-state index is 12.5. The van der Waals surface area contributed by atoms with Crippen LogP contribution in [0.5, 0.6) is 0 Å². The quantitative estimate of drug-likeness (QED) is 0.388. The van der Waals surface area contributed by atoms with E-state index in [9.17, 15) is 9.59 Å². The van der Waals surface area contributed by atoms with Crippen molar-refractivity contribution in [2.75, 3.05) is 18.5 Å². The van der Waals surface area contributed by atoms with Crippen molar-refractivity contribution >= 4 is 40.7 Å². The number of carbonyl (C=O) groups excluding carboxylic acids is 2. The summed E-state index contributed by atoms with van der Waals surface area (Å²) in [5.41, 5.74) is 2.00. The summed E-state index contributed by atoms with van der Waals surface area (Å²) in [4.78, 5) is 34.4. The van der Waals surface area contributed by atoms with Gasteiger partial charge in [-0.25, -0.2) is 9.97 Å². The highest BCUT2D eigenvalue weighted by atomic mass is 35.5. The Bertz CT molecular complexity index is 1040. The van der Waals surface area contributed by atoms with E-state index in [1.165, 1.54) is 12.4 Å². The first kappa shape index (κ1) is 24.2. The summed E-state index contributed by atoms with van der Waals surface area (Å²) in [5.74, 6) is 0.269. The standard InChI is InChI=1S/C25H28ClN5O2/c1-27-23(32)15-7-2-3-10-16-28-24(33)19-17-29-25(30-18-19)31(20-11-5-4-6-12-20)22-14-9-8-13-21(22)26/h4-6,8-9,11-14,17-18H,2-3,7,10,15-16H2,1H3,(H,27,32)(H,28,33). The molecule has 1 aromatic heterocycles. The molecule has 0 aliphatic rings. The van der Waals surface area contributed by atoms with Gasteiger partial charge in [-0.2, -0.15) is 0 Å². The smallest absolute Gasteiger partial charge is 0.254 e. The van der Waals surface area contributed by atoms with E-state index in [0.717, 1.165) is 37.1 Å². The fourth-order valence-corrected chi connectivity index (χ4v) is 3.54. The molecule has 3 aromatic rings. The summed E-state index contributed by atoms with van der Waals surface area (Å²) in [7, 11) is 1.64. The molecule has 0 saturated carbocycles. The summed E-state index contributed by atoms with van der Waals surface area (Å²) in [6.07, 6.45) is 7.20. The lowest BCUT2D eigenvalue weighted by molar-refractivity contribution is -0.120. The monoisotopic (exact) mass is 465 g/mol. The number of amides is 2. The van der Waals surface area contributed by atoms with E-state index in [1.807, 2.05) is 59.5 Å². The molecule has 0 unspecified atom stereocenters. The van der Waals surface area contributed by atoms with Crippen LogP contribution in [0, 0.1) is 0 Å². The van der Waals surface area contributed by atoms with Gasteiger partial charge in [0.15, 0.2) is 0 Å². The van der Waals surface area contributed by atoms with Gasteiger partial charge in [0.2, 0.25) is 11.9 Å². The van der Waals surface area contributed by atoms with Gasteiger partial charge in [0, 0.05) is 38.1 Å². The molecule has 0 atom stereocenters. The van der Waals surface area contributed by atoms with Gasteiger partial charge >= 0.3 is 0 Å². The van der Waals surface area contributed by atoms with Crippen LogP contribution in [0.25, 0.3) is 0 Å². The highest BCUT2D eigenvalue weighted by Gasteiger charge is 2.18. The van der Waals surface area contributed by atoms with Crippen LogP contribution in [-0.4, -0.2) is 35.4 Å². The molecule has 2 N–H and O–H groups in total. The number of aromatic nitrogens is 2. The van der Waals surface area contributed by atoms with Gasteiger partial charge in [0.1, 0.15) is 0 Å². The SMILES string of the molecule is CNC(=O)CCCCCCNC(=O)c1cnc(N(c2ccccc2)c2ccccc2Cl)nc1. The molecule has 0 spiro atoms. The van der Waals surface area contributed by atoms with Crippen molar-refractivity contribution in [1.82, 2.24) is 20.6 Å². The molecule has 3 rings (SSSR count). The van der Waals surface area contributed by atoms with E-state index in [4.69, 9.17) is 11.6 Å². The highest BCUT2D eigenvalue weighted by Crippen LogP contribution is 2.36. The predicted molar refractivity (Wildman–Crippen MR) is 131 cm³/mol. The summed E-state index contributed by atoms with van der Waals surface area (Å²) in [5, 5.41) is 6.08. The second-order valence-corrected chi connectivity index (χ2v) is 7.89. The molecular formula is C25H28ClN5O2. The van der Waals surface area contributed by atoms with Gasteiger partial charge in [-0.3, -0.25) is 14.5 Å². The molecule has 172 valence electrons. The van der Waals surface area contributed by atoms with Crippen LogP contribution in [0.1, 0.15) is 42.5 Å². The molecule has 8 heteroatoms. The molecule has 33 heavy (non-hydrogen) atoms. The van der Waals surface area contributed by atoms with Crippen molar-refractivity contribution in [3.8, 4) is 0 Å². The number of nitrogens with zero attached hydrogens (tertiary/aromatic N) is 3. The Kier molecular flexibility index (Phi) is 9.20. The molecule has 2 aromatic carbocycles. The van der Waals surface area contributed by atoms with E-state index >= 15 is 0 Å². The fraction of sp³-hybridized carbons (Fsp3) is 0.280. The van der Waals surface area contributed by atoms with Crippen molar-refractivity contribution in [2.24, 2.45) is 0 Å². The first-order chi connectivity index (χ1) is 16.1. The van der Waals surface area contributed by atoms with Crippen molar-refractivity contribution in [3.63, 3.8) is 0 Å². The Labute approximate surface area is 199 Å². The van der Waals surface area contributed by atoms with E-state index in [0.29, 0.717) is 29.5 Å². The minimum atomic E-state index is -0.212. The molecular weight excluding hydrogens is 438 g/mol. The molecule has 0 radical (unpaired) electrons. The minimum Gasteiger partial charge on any atom is -0.359 e. The normalized spacial score (nSPS) is 10.5. The van der Waals surface area contributed by atoms with Crippen LogP contribution >= 0.6 is 11.6 Å². The zero-order valence-corrected chi connectivity index (χ0v) is 19.4. The van der Waals surface area contributed by atoms with Crippen LogP contribution < -0.4 is 15.5 Å². The lowest BCUT2D eigenvalue weighted by Crippen LogP contribution is -2.25. The number of carbonyl (C=O) groups is 2. The Balaban J connectivity index is 1.60. The van der Waals surface area contributed by atoms with Crippen molar-refractivity contribution in [3.05, 3.63) is 77.6 Å². The average Bonchev–Trinajstić information content (AvgIpc) is 2.85. The molecule has 2 amide bonds. The van der Waals surface area contributed by atoms with Gasteiger partial charge in [-0.15, -0.1) is 0 Å². The summed E-state index contributed by atoms with van der Waals surface area (Å²) in [6, 6.07) is 17.2. The Hall–Kier alpha value is -3.45. The van der Waals surface area contributed by atoms with Crippen LogP contribution in [0.15, 0.2) is 67.0 Å². The number of halogens is 1. The number of nitrogens with one attached hydrogen (secondary N) is 2. The van der Waals surface area contributed by atoms with Gasteiger partial charge in [0.25, 0.3) is 5.91 Å². The maximum Gasteiger partial charge on any atom is 0.254 e. The number of hydrogen-bond acceptors (Lipinski definition) is 5. The van der Waals surface area contributed by atoms with E-state index < -0.39 is 0 Å². The molecule has 0 fully saturated rings. The van der Waals surface area contributed by atoms with Crippen LogP contribution in [0.2, 0.25) is 5.02 Å². The first-order valence-electron chi connectivity index (χ1n) is 11.0. The molecule has 0 saturated heterocycles. The third kappa shape index (κ3) is 7.02. The predicted octanol–water partition coefficient (Wildman–Crippen LogP) is 5.03. The van der Waals surface area contributed by atoms with E-state index in [1.54, 1.807) is 7.05 Å². The van der Waals surface area contributed by atoms with Gasteiger partial charge in [0.05, 0.1) is 16.3 Å². The number of anilines is 3. The first-order valence-corrected chi connectivity index (χ1v) is 11.4. The van der Waals surface area contributed by atoms with Crippen LogP contribution in [-0.2, 0) is 4.79 Å². The lowest BCUT2D eigenvalue weighted by atomic mass is 10.1. The van der Waals surface area contributed by atoms with Crippen LogP contribution in [0.3, 0.4) is 0 Å². The average molecular weight is 466 g/mol. The molecule has 0 aliphatic heterocycles. The van der Waals surface area contributed by atoms with Gasteiger partial charge < -0.3 is 10.6 Å². The van der Waals surface area contributed by atoms with E-state index in [-0.39, 0.29) is 11.8 Å². The number of rotatable bonds is 11. The van der Waals surface area contributed by atoms with Gasteiger partial charge in [-0.05, 0) is 37.1 Å². The minimum absolute atomic E-state index is 0.0621. The zero-order valence-electron chi connectivity index (χ0n) is 18.6. The van der Waals surface area contributed by atoms with Crippen molar-refractivity contribution in [1.29, 1.82) is 0 Å². The third-order valence-corrected chi connectivity index (χ3v) is 5.42. The molecule has 7 nitrogen and oxygen atoms in total.